The molecule has 0 amide bonds. The predicted octanol–water partition coefficient (Wildman–Crippen LogP) is 1.64. The summed E-state index contributed by atoms with van der Waals surface area (Å²) in [7, 11) is 0. The smallest absolute Gasteiger partial charge is 0.251 e. The van der Waals surface area contributed by atoms with E-state index in [0.717, 1.165) is 29.9 Å². The molecule has 0 aliphatic rings. The molecule has 2 aromatic rings. The van der Waals surface area contributed by atoms with Crippen molar-refractivity contribution in [2.24, 2.45) is 0 Å². The standard InChI is InChI=1S/C14H18N4O/c1-3-6-15-9-11-8-12(19)18-14(17-11)13-10(2)5-4-7-16-13/h4-5,7-8,15H,3,6,9H2,1-2H3,(H,17,18,19). The summed E-state index contributed by atoms with van der Waals surface area (Å²) in [4.78, 5) is 23.1. The lowest BCUT2D eigenvalue weighted by atomic mass is 10.2. The third kappa shape index (κ3) is 3.48. The van der Waals surface area contributed by atoms with E-state index in [1.165, 1.54) is 6.07 Å². The quantitative estimate of drug-likeness (QED) is 0.800. The van der Waals surface area contributed by atoms with Crippen molar-refractivity contribution in [3.05, 3.63) is 46.0 Å². The molecule has 0 radical (unpaired) electrons. The maximum atomic E-state index is 11.7. The van der Waals surface area contributed by atoms with Crippen LogP contribution in [0, 0.1) is 6.92 Å². The monoisotopic (exact) mass is 258 g/mol. The Bertz CT molecular complexity index is 606. The van der Waals surface area contributed by atoms with Gasteiger partial charge in [-0.2, -0.15) is 0 Å². The minimum Gasteiger partial charge on any atom is -0.311 e. The highest BCUT2D eigenvalue weighted by Crippen LogP contribution is 2.14. The van der Waals surface area contributed by atoms with Crippen LogP contribution in [0.15, 0.2) is 29.2 Å². The number of aromatic nitrogens is 3. The number of rotatable bonds is 5. The molecule has 0 aliphatic heterocycles. The highest BCUT2D eigenvalue weighted by molar-refractivity contribution is 5.53. The first-order chi connectivity index (χ1) is 9.20. The van der Waals surface area contributed by atoms with E-state index in [0.29, 0.717) is 12.4 Å². The first-order valence-electron chi connectivity index (χ1n) is 6.43. The molecule has 5 heteroatoms. The van der Waals surface area contributed by atoms with Crippen molar-refractivity contribution in [1.29, 1.82) is 0 Å². The number of aromatic amines is 1. The molecule has 0 atom stereocenters. The third-order valence-corrected chi connectivity index (χ3v) is 2.76. The van der Waals surface area contributed by atoms with Gasteiger partial charge in [0, 0.05) is 18.8 Å². The molecule has 0 fully saturated rings. The van der Waals surface area contributed by atoms with Crippen LogP contribution in [0.2, 0.25) is 0 Å². The Morgan fingerprint density at radius 1 is 1.42 bits per heavy atom. The number of nitrogens with zero attached hydrogens (tertiary/aromatic N) is 2. The lowest BCUT2D eigenvalue weighted by Gasteiger charge is -2.06. The zero-order valence-electron chi connectivity index (χ0n) is 11.2. The first-order valence-corrected chi connectivity index (χ1v) is 6.43. The second-order valence-corrected chi connectivity index (χ2v) is 4.43. The van der Waals surface area contributed by atoms with Gasteiger partial charge in [0.05, 0.1) is 5.69 Å². The summed E-state index contributed by atoms with van der Waals surface area (Å²) in [6.45, 7) is 5.55. The van der Waals surface area contributed by atoms with Crippen molar-refractivity contribution in [2.45, 2.75) is 26.8 Å². The molecular weight excluding hydrogens is 240 g/mol. The van der Waals surface area contributed by atoms with Gasteiger partial charge in [-0.25, -0.2) is 4.98 Å². The van der Waals surface area contributed by atoms with Gasteiger partial charge < -0.3 is 10.3 Å². The van der Waals surface area contributed by atoms with E-state index in [9.17, 15) is 4.79 Å². The van der Waals surface area contributed by atoms with Crippen molar-refractivity contribution >= 4 is 0 Å². The van der Waals surface area contributed by atoms with Crippen LogP contribution >= 0.6 is 0 Å². The van der Waals surface area contributed by atoms with Crippen LogP contribution in [0.1, 0.15) is 24.6 Å². The number of hydrogen-bond acceptors (Lipinski definition) is 4. The second kappa shape index (κ2) is 6.24. The van der Waals surface area contributed by atoms with Gasteiger partial charge in [0.2, 0.25) is 0 Å². The maximum Gasteiger partial charge on any atom is 0.251 e. The average Bonchev–Trinajstić information content (AvgIpc) is 2.39. The molecule has 0 unspecified atom stereocenters. The molecule has 0 saturated heterocycles. The van der Waals surface area contributed by atoms with E-state index >= 15 is 0 Å². The molecule has 2 heterocycles. The normalized spacial score (nSPS) is 10.6. The Balaban J connectivity index is 2.31. The molecule has 2 aromatic heterocycles. The summed E-state index contributed by atoms with van der Waals surface area (Å²) in [6.07, 6.45) is 2.75. The predicted molar refractivity (Wildman–Crippen MR) is 74.8 cm³/mol. The van der Waals surface area contributed by atoms with Crippen LogP contribution in [0.4, 0.5) is 0 Å². The summed E-state index contributed by atoms with van der Waals surface area (Å²) >= 11 is 0. The van der Waals surface area contributed by atoms with Gasteiger partial charge in [-0.3, -0.25) is 9.78 Å². The molecule has 19 heavy (non-hydrogen) atoms. The zero-order chi connectivity index (χ0) is 13.7. The number of H-pyrrole nitrogens is 1. The van der Waals surface area contributed by atoms with E-state index in [1.54, 1.807) is 6.20 Å². The molecule has 0 aliphatic carbocycles. The Morgan fingerprint density at radius 2 is 2.26 bits per heavy atom. The summed E-state index contributed by atoms with van der Waals surface area (Å²) < 4.78 is 0. The number of aryl methyl sites for hydroxylation is 1. The van der Waals surface area contributed by atoms with Gasteiger partial charge in [-0.1, -0.05) is 13.0 Å². The van der Waals surface area contributed by atoms with Gasteiger partial charge in [-0.15, -0.1) is 0 Å². The van der Waals surface area contributed by atoms with Gasteiger partial charge >= 0.3 is 0 Å². The van der Waals surface area contributed by atoms with E-state index in [4.69, 9.17) is 0 Å². The lowest BCUT2D eigenvalue weighted by Crippen LogP contribution is -2.18. The van der Waals surface area contributed by atoms with Gasteiger partial charge in [0.1, 0.15) is 5.69 Å². The fourth-order valence-corrected chi connectivity index (χ4v) is 1.84. The SMILES string of the molecule is CCCNCc1cc(=O)[nH]c(-c2ncccc2C)n1. The Hall–Kier alpha value is -2.01. The van der Waals surface area contributed by atoms with Crippen LogP contribution in [0.3, 0.4) is 0 Å². The van der Waals surface area contributed by atoms with Crippen LogP contribution in [0.25, 0.3) is 11.5 Å². The molecule has 0 saturated carbocycles. The Kier molecular flexibility index (Phi) is 4.41. The number of pyridine rings is 1. The molecule has 0 aromatic carbocycles. The molecule has 5 nitrogen and oxygen atoms in total. The van der Waals surface area contributed by atoms with Crippen molar-refractivity contribution in [3.8, 4) is 11.5 Å². The van der Waals surface area contributed by atoms with E-state index < -0.39 is 0 Å². The van der Waals surface area contributed by atoms with Gasteiger partial charge in [0.15, 0.2) is 5.82 Å². The largest absolute Gasteiger partial charge is 0.311 e. The van der Waals surface area contributed by atoms with Crippen molar-refractivity contribution in [3.63, 3.8) is 0 Å². The summed E-state index contributed by atoms with van der Waals surface area (Å²) in [5.74, 6) is 0.527. The number of hydrogen-bond donors (Lipinski definition) is 2. The van der Waals surface area contributed by atoms with Crippen LogP contribution in [-0.2, 0) is 6.54 Å². The molecule has 2 rings (SSSR count). The van der Waals surface area contributed by atoms with E-state index in [-0.39, 0.29) is 5.56 Å². The summed E-state index contributed by atoms with van der Waals surface area (Å²) in [6, 6.07) is 5.33. The highest BCUT2D eigenvalue weighted by Gasteiger charge is 2.07. The Labute approximate surface area is 112 Å². The van der Waals surface area contributed by atoms with Crippen LogP contribution < -0.4 is 10.9 Å². The van der Waals surface area contributed by atoms with Crippen molar-refractivity contribution < 1.29 is 0 Å². The van der Waals surface area contributed by atoms with E-state index in [2.05, 4.69) is 27.2 Å². The number of nitrogens with one attached hydrogen (secondary N) is 2. The molecule has 100 valence electrons. The topological polar surface area (TPSA) is 70.7 Å². The maximum absolute atomic E-state index is 11.7. The van der Waals surface area contributed by atoms with Crippen LogP contribution in [0.5, 0.6) is 0 Å². The molecule has 0 spiro atoms. The highest BCUT2D eigenvalue weighted by atomic mass is 16.1. The fourth-order valence-electron chi connectivity index (χ4n) is 1.84. The molecular formula is C14H18N4O. The fraction of sp³-hybridized carbons (Fsp3) is 0.357. The Morgan fingerprint density at radius 3 is 3.00 bits per heavy atom. The summed E-state index contributed by atoms with van der Waals surface area (Å²) in [5.41, 5.74) is 2.29. The van der Waals surface area contributed by atoms with Gasteiger partial charge in [0.25, 0.3) is 5.56 Å². The van der Waals surface area contributed by atoms with Gasteiger partial charge in [-0.05, 0) is 31.5 Å². The molecule has 2 N–H and O–H groups in total. The van der Waals surface area contributed by atoms with Crippen molar-refractivity contribution in [1.82, 2.24) is 20.3 Å². The minimum atomic E-state index is -0.150. The van der Waals surface area contributed by atoms with Crippen LogP contribution in [-0.4, -0.2) is 21.5 Å². The summed E-state index contributed by atoms with van der Waals surface area (Å²) in [5, 5.41) is 3.24. The third-order valence-electron chi connectivity index (χ3n) is 2.76. The average molecular weight is 258 g/mol. The molecule has 0 bridgehead atoms. The minimum absolute atomic E-state index is 0.150. The first kappa shape index (κ1) is 13.4. The zero-order valence-corrected chi connectivity index (χ0v) is 11.2. The van der Waals surface area contributed by atoms with E-state index in [1.807, 2.05) is 19.1 Å². The lowest BCUT2D eigenvalue weighted by molar-refractivity contribution is 0.662. The van der Waals surface area contributed by atoms with Crippen molar-refractivity contribution in [2.75, 3.05) is 6.54 Å². The second-order valence-electron chi connectivity index (χ2n) is 4.43.